The van der Waals surface area contributed by atoms with E-state index < -0.39 is 0 Å². The Hall–Kier alpha value is -0.900. The van der Waals surface area contributed by atoms with Gasteiger partial charge in [-0.3, -0.25) is 4.79 Å². The van der Waals surface area contributed by atoms with E-state index in [9.17, 15) is 4.79 Å². The predicted molar refractivity (Wildman–Crippen MR) is 65.5 cm³/mol. The van der Waals surface area contributed by atoms with Gasteiger partial charge in [0.15, 0.2) is 11.4 Å². The van der Waals surface area contributed by atoms with Gasteiger partial charge in [0.2, 0.25) is 0 Å². The summed E-state index contributed by atoms with van der Waals surface area (Å²) >= 11 is 1.57. The van der Waals surface area contributed by atoms with Crippen LogP contribution >= 0.6 is 11.3 Å². The van der Waals surface area contributed by atoms with Crippen LogP contribution in [0, 0.1) is 5.92 Å². The Bertz CT molecular complexity index is 411. The van der Waals surface area contributed by atoms with Crippen molar-refractivity contribution >= 4 is 22.8 Å². The Kier molecular flexibility index (Phi) is 2.46. The molecule has 0 bridgehead atoms. The fourth-order valence-corrected chi connectivity index (χ4v) is 3.31. The van der Waals surface area contributed by atoms with Gasteiger partial charge < -0.3 is 4.90 Å². The lowest BCUT2D eigenvalue weighted by atomic mass is 10.2. The van der Waals surface area contributed by atoms with Gasteiger partial charge in [-0.25, -0.2) is 4.98 Å². The summed E-state index contributed by atoms with van der Waals surface area (Å²) in [6.45, 7) is 4.46. The lowest BCUT2D eigenvalue weighted by molar-refractivity contribution is 0.112. The van der Waals surface area contributed by atoms with Crippen molar-refractivity contribution in [3.8, 4) is 0 Å². The Morgan fingerprint density at radius 3 is 2.81 bits per heavy atom. The second-order valence-corrected chi connectivity index (χ2v) is 5.99. The largest absolute Gasteiger partial charge is 0.348 e. The highest BCUT2D eigenvalue weighted by Gasteiger charge is 2.31. The third-order valence-electron chi connectivity index (χ3n) is 3.44. The van der Waals surface area contributed by atoms with Crippen LogP contribution in [-0.4, -0.2) is 24.4 Å². The first-order valence-electron chi connectivity index (χ1n) is 5.98. The third kappa shape index (κ3) is 1.75. The normalized spacial score (nSPS) is 25.1. The van der Waals surface area contributed by atoms with Gasteiger partial charge in [-0.2, -0.15) is 0 Å². The van der Waals surface area contributed by atoms with Crippen molar-refractivity contribution in [2.75, 3.05) is 18.0 Å². The molecule has 86 valence electrons. The summed E-state index contributed by atoms with van der Waals surface area (Å²) < 4.78 is 0. The van der Waals surface area contributed by atoms with Crippen LogP contribution in [0.5, 0.6) is 0 Å². The van der Waals surface area contributed by atoms with Crippen LogP contribution in [0.25, 0.3) is 0 Å². The molecule has 1 saturated carbocycles. The van der Waals surface area contributed by atoms with E-state index in [0.717, 1.165) is 41.0 Å². The molecule has 1 aliphatic heterocycles. The first-order chi connectivity index (χ1) is 7.78. The number of aldehydes is 1. The molecule has 1 saturated heterocycles. The van der Waals surface area contributed by atoms with E-state index in [1.54, 1.807) is 11.3 Å². The zero-order valence-corrected chi connectivity index (χ0v) is 10.3. The molecule has 2 aliphatic rings. The van der Waals surface area contributed by atoms with E-state index in [0.29, 0.717) is 5.92 Å². The number of hydrogen-bond acceptors (Lipinski definition) is 4. The summed E-state index contributed by atoms with van der Waals surface area (Å²) in [7, 11) is 0. The van der Waals surface area contributed by atoms with Gasteiger partial charge in [-0.1, -0.05) is 18.3 Å². The summed E-state index contributed by atoms with van der Waals surface area (Å²) in [5.74, 6) is 1.33. The van der Waals surface area contributed by atoms with Crippen molar-refractivity contribution in [2.24, 2.45) is 5.92 Å². The SMILES string of the molecule is CC1CCN(c2nc(C3CC3)c(C=O)s2)C1. The zero-order chi connectivity index (χ0) is 11.1. The smallest absolute Gasteiger partial charge is 0.186 e. The molecule has 1 aliphatic carbocycles. The molecule has 3 rings (SSSR count). The Labute approximate surface area is 99.5 Å². The quantitative estimate of drug-likeness (QED) is 0.756. The Morgan fingerprint density at radius 2 is 2.25 bits per heavy atom. The zero-order valence-electron chi connectivity index (χ0n) is 9.48. The molecule has 3 nitrogen and oxygen atoms in total. The van der Waals surface area contributed by atoms with Crippen LogP contribution in [0.4, 0.5) is 5.13 Å². The molecule has 1 aromatic heterocycles. The van der Waals surface area contributed by atoms with Crippen molar-refractivity contribution in [2.45, 2.75) is 32.1 Å². The standard InChI is InChI=1S/C12H16N2OS/c1-8-4-5-14(6-8)12-13-11(9-2-3-9)10(7-15)16-12/h7-9H,2-6H2,1H3. The summed E-state index contributed by atoms with van der Waals surface area (Å²) in [4.78, 5) is 18.9. The van der Waals surface area contributed by atoms with Gasteiger partial charge >= 0.3 is 0 Å². The second kappa shape index (κ2) is 3.84. The Balaban J connectivity index is 1.87. The molecule has 0 radical (unpaired) electrons. The van der Waals surface area contributed by atoms with Gasteiger partial charge in [0, 0.05) is 19.0 Å². The maximum atomic E-state index is 11.0. The third-order valence-corrected chi connectivity index (χ3v) is 4.49. The maximum absolute atomic E-state index is 11.0. The van der Waals surface area contributed by atoms with Crippen molar-refractivity contribution in [1.82, 2.24) is 4.98 Å². The van der Waals surface area contributed by atoms with Crippen molar-refractivity contribution < 1.29 is 4.79 Å². The number of nitrogens with zero attached hydrogens (tertiary/aromatic N) is 2. The van der Waals surface area contributed by atoms with E-state index >= 15 is 0 Å². The molecule has 4 heteroatoms. The number of aromatic nitrogens is 1. The van der Waals surface area contributed by atoms with Crippen LogP contribution in [-0.2, 0) is 0 Å². The molecule has 0 spiro atoms. The average molecular weight is 236 g/mol. The minimum absolute atomic E-state index is 0.574. The number of rotatable bonds is 3. The van der Waals surface area contributed by atoms with Gasteiger partial charge in [-0.05, 0) is 25.2 Å². The molecule has 0 N–H and O–H groups in total. The number of carbonyl (C=O) groups excluding carboxylic acids is 1. The molecule has 0 aromatic carbocycles. The molecule has 2 heterocycles. The molecule has 1 aromatic rings. The van der Waals surface area contributed by atoms with Gasteiger partial charge in [0.1, 0.15) is 0 Å². The number of anilines is 1. The Morgan fingerprint density at radius 1 is 1.44 bits per heavy atom. The highest BCUT2D eigenvalue weighted by atomic mass is 32.1. The second-order valence-electron chi connectivity index (χ2n) is 4.98. The van der Waals surface area contributed by atoms with Crippen LogP contribution < -0.4 is 4.90 Å². The van der Waals surface area contributed by atoms with Gasteiger partial charge in [0.25, 0.3) is 0 Å². The summed E-state index contributed by atoms with van der Waals surface area (Å²) in [5.41, 5.74) is 1.06. The van der Waals surface area contributed by atoms with Crippen LogP contribution in [0.1, 0.15) is 47.5 Å². The minimum Gasteiger partial charge on any atom is -0.348 e. The molecule has 16 heavy (non-hydrogen) atoms. The molecule has 2 fully saturated rings. The fraction of sp³-hybridized carbons (Fsp3) is 0.667. The minimum atomic E-state index is 0.574. The van der Waals surface area contributed by atoms with E-state index in [4.69, 9.17) is 0 Å². The summed E-state index contributed by atoms with van der Waals surface area (Å²) in [6, 6.07) is 0. The first-order valence-corrected chi connectivity index (χ1v) is 6.80. The molecule has 1 unspecified atom stereocenters. The lowest BCUT2D eigenvalue weighted by Gasteiger charge is -2.13. The van der Waals surface area contributed by atoms with Gasteiger partial charge in [-0.15, -0.1) is 0 Å². The number of thiazole rings is 1. The number of hydrogen-bond donors (Lipinski definition) is 0. The number of carbonyl (C=O) groups is 1. The van der Waals surface area contributed by atoms with Crippen molar-refractivity contribution in [3.05, 3.63) is 10.6 Å². The van der Waals surface area contributed by atoms with Crippen LogP contribution in [0.15, 0.2) is 0 Å². The highest BCUT2D eigenvalue weighted by Crippen LogP contribution is 2.44. The molecule has 1 atom stereocenters. The maximum Gasteiger partial charge on any atom is 0.186 e. The summed E-state index contributed by atoms with van der Waals surface area (Å²) in [5, 5.41) is 1.06. The van der Waals surface area contributed by atoms with Crippen molar-refractivity contribution in [3.63, 3.8) is 0 Å². The monoisotopic (exact) mass is 236 g/mol. The van der Waals surface area contributed by atoms with E-state index in [1.165, 1.54) is 19.3 Å². The van der Waals surface area contributed by atoms with E-state index in [1.807, 2.05) is 0 Å². The highest BCUT2D eigenvalue weighted by molar-refractivity contribution is 7.17. The molecular formula is C12H16N2OS. The molecule has 0 amide bonds. The average Bonchev–Trinajstić information content (AvgIpc) is 2.88. The topological polar surface area (TPSA) is 33.2 Å². The van der Waals surface area contributed by atoms with E-state index in [-0.39, 0.29) is 0 Å². The van der Waals surface area contributed by atoms with Crippen LogP contribution in [0.3, 0.4) is 0 Å². The van der Waals surface area contributed by atoms with Crippen LogP contribution in [0.2, 0.25) is 0 Å². The van der Waals surface area contributed by atoms with Gasteiger partial charge in [0.05, 0.1) is 10.6 Å². The van der Waals surface area contributed by atoms with Crippen molar-refractivity contribution in [1.29, 1.82) is 0 Å². The predicted octanol–water partition coefficient (Wildman–Crippen LogP) is 2.68. The lowest BCUT2D eigenvalue weighted by Crippen LogP contribution is -2.18. The fourth-order valence-electron chi connectivity index (χ4n) is 2.31. The summed E-state index contributed by atoms with van der Waals surface area (Å²) in [6.07, 6.45) is 4.64. The first kappa shape index (κ1) is 10.3. The molecular weight excluding hydrogens is 220 g/mol. The van der Waals surface area contributed by atoms with E-state index in [2.05, 4.69) is 16.8 Å².